The first-order valence-electron chi connectivity index (χ1n) is 4.49. The predicted octanol–water partition coefficient (Wildman–Crippen LogP) is -1.33. The van der Waals surface area contributed by atoms with Crippen LogP contribution in [0.1, 0.15) is 12.8 Å². The molecule has 0 aromatic rings. The molecule has 0 fully saturated rings. The second-order valence-electron chi connectivity index (χ2n) is 3.43. The van der Waals surface area contributed by atoms with Gasteiger partial charge in [-0.2, -0.15) is 0 Å². The Morgan fingerprint density at radius 2 is 1.71 bits per heavy atom. The van der Waals surface area contributed by atoms with Crippen molar-refractivity contribution in [3.8, 4) is 0 Å². The summed E-state index contributed by atoms with van der Waals surface area (Å²) >= 11 is 0. The number of amides is 1. The fourth-order valence-electron chi connectivity index (χ4n) is 1.43. The van der Waals surface area contributed by atoms with Crippen molar-refractivity contribution >= 4 is 5.91 Å². The van der Waals surface area contributed by atoms with E-state index in [4.69, 9.17) is 21.1 Å². The lowest BCUT2D eigenvalue weighted by Crippen LogP contribution is -2.47. The third kappa shape index (κ3) is 2.67. The fraction of sp³-hybridized carbons (Fsp3) is 0.778. The van der Waals surface area contributed by atoms with Crippen molar-refractivity contribution in [1.82, 2.24) is 0 Å². The first kappa shape index (κ1) is 13.4. The molecule has 0 spiro atoms. The van der Waals surface area contributed by atoms with Gasteiger partial charge in [0.1, 0.15) is 0 Å². The average molecular weight is 204 g/mol. The molecule has 0 rings (SSSR count). The highest BCUT2D eigenvalue weighted by Gasteiger charge is 2.40. The number of aliphatic hydroxyl groups is 3. The largest absolute Gasteiger partial charge is 0.396 e. The van der Waals surface area contributed by atoms with Gasteiger partial charge in [-0.15, -0.1) is 0 Å². The molecule has 1 atom stereocenters. The second-order valence-corrected chi connectivity index (χ2v) is 3.43. The molecule has 1 unspecified atom stereocenters. The summed E-state index contributed by atoms with van der Waals surface area (Å²) in [5, 5.41) is 27.2. The van der Waals surface area contributed by atoms with Crippen LogP contribution in [0.25, 0.3) is 0 Å². The van der Waals surface area contributed by atoms with Gasteiger partial charge < -0.3 is 21.1 Å². The van der Waals surface area contributed by atoms with Crippen molar-refractivity contribution in [1.29, 1.82) is 0 Å². The highest BCUT2D eigenvalue weighted by Crippen LogP contribution is 2.29. The van der Waals surface area contributed by atoms with Gasteiger partial charge >= 0.3 is 0 Å². The molecule has 0 bridgehead atoms. The highest BCUT2D eigenvalue weighted by atomic mass is 16.3. The molecule has 0 aromatic heterocycles. The van der Waals surface area contributed by atoms with E-state index in [1.54, 1.807) is 0 Å². The first-order valence-corrected chi connectivity index (χ1v) is 4.49. The molecule has 5 N–H and O–H groups in total. The Bertz CT molecular complexity index is 171. The van der Waals surface area contributed by atoms with Gasteiger partial charge in [0.2, 0.25) is 5.91 Å². The topological polar surface area (TPSA) is 104 Å². The summed E-state index contributed by atoms with van der Waals surface area (Å²) in [4.78, 5) is 11.1. The summed E-state index contributed by atoms with van der Waals surface area (Å²) < 4.78 is 0. The smallest absolute Gasteiger partial charge is 0.221 e. The SMILES string of the molecule is [CH2]CCC(C(N)=O)C(CO)(CO)CO. The Hall–Kier alpha value is -0.650. The van der Waals surface area contributed by atoms with Crippen LogP contribution in [0, 0.1) is 18.3 Å². The van der Waals surface area contributed by atoms with E-state index < -0.39 is 37.1 Å². The zero-order valence-corrected chi connectivity index (χ0v) is 8.15. The fourth-order valence-corrected chi connectivity index (χ4v) is 1.43. The quantitative estimate of drug-likeness (QED) is 0.412. The third-order valence-corrected chi connectivity index (χ3v) is 2.52. The van der Waals surface area contributed by atoms with E-state index in [0.717, 1.165) is 0 Å². The molecule has 14 heavy (non-hydrogen) atoms. The van der Waals surface area contributed by atoms with E-state index >= 15 is 0 Å². The molecule has 0 aliphatic heterocycles. The molecule has 0 aliphatic rings. The lowest BCUT2D eigenvalue weighted by molar-refractivity contribution is -0.133. The van der Waals surface area contributed by atoms with E-state index in [-0.39, 0.29) is 0 Å². The second kappa shape index (κ2) is 5.95. The molecule has 1 amide bonds. The summed E-state index contributed by atoms with van der Waals surface area (Å²) in [6, 6.07) is 0. The standard InChI is InChI=1S/C9H18NO4/c1-2-3-7(8(10)14)9(4-11,5-12)6-13/h7,11-13H,1-6H2,(H2,10,14). The first-order chi connectivity index (χ1) is 6.57. The minimum atomic E-state index is -1.23. The minimum absolute atomic E-state index is 0.344. The summed E-state index contributed by atoms with van der Waals surface area (Å²) in [7, 11) is 0. The van der Waals surface area contributed by atoms with Crippen LogP contribution in [0.3, 0.4) is 0 Å². The van der Waals surface area contributed by atoms with Gasteiger partial charge in [0.25, 0.3) is 0 Å². The molecule has 0 heterocycles. The molecule has 1 radical (unpaired) electrons. The molecule has 0 aromatic carbocycles. The summed E-state index contributed by atoms with van der Waals surface area (Å²) in [6.45, 7) is 2.14. The number of nitrogens with two attached hydrogens (primary N) is 1. The van der Waals surface area contributed by atoms with Crippen LogP contribution in [0.2, 0.25) is 0 Å². The molecule has 0 aliphatic carbocycles. The molecule has 5 heteroatoms. The number of hydrogen-bond acceptors (Lipinski definition) is 4. The Balaban J connectivity index is 4.79. The van der Waals surface area contributed by atoms with Crippen LogP contribution < -0.4 is 5.73 Å². The van der Waals surface area contributed by atoms with Crippen molar-refractivity contribution in [2.24, 2.45) is 17.1 Å². The van der Waals surface area contributed by atoms with Crippen molar-refractivity contribution in [2.75, 3.05) is 19.8 Å². The summed E-state index contributed by atoms with van der Waals surface area (Å²) in [5.74, 6) is -1.38. The molecule has 0 saturated heterocycles. The van der Waals surface area contributed by atoms with Gasteiger partial charge in [0.05, 0.1) is 25.2 Å². The van der Waals surface area contributed by atoms with Gasteiger partial charge in [-0.3, -0.25) is 4.79 Å². The van der Waals surface area contributed by atoms with Gasteiger partial charge in [-0.25, -0.2) is 0 Å². The number of hydrogen-bond donors (Lipinski definition) is 4. The van der Waals surface area contributed by atoms with Gasteiger partial charge in [-0.1, -0.05) is 13.3 Å². The minimum Gasteiger partial charge on any atom is -0.396 e. The summed E-state index contributed by atoms with van der Waals surface area (Å²) in [5.41, 5.74) is 3.90. The molecule has 83 valence electrons. The Morgan fingerprint density at radius 1 is 1.29 bits per heavy atom. The van der Waals surface area contributed by atoms with Crippen LogP contribution in [-0.4, -0.2) is 41.0 Å². The zero-order valence-electron chi connectivity index (χ0n) is 8.15. The Morgan fingerprint density at radius 3 is 1.93 bits per heavy atom. The lowest BCUT2D eigenvalue weighted by Gasteiger charge is -2.34. The van der Waals surface area contributed by atoms with Crippen molar-refractivity contribution in [2.45, 2.75) is 12.8 Å². The Kier molecular flexibility index (Phi) is 5.68. The maximum Gasteiger partial charge on any atom is 0.221 e. The lowest BCUT2D eigenvalue weighted by atomic mass is 9.74. The van der Waals surface area contributed by atoms with E-state index in [2.05, 4.69) is 6.92 Å². The van der Waals surface area contributed by atoms with Crippen molar-refractivity contribution in [3.05, 3.63) is 6.92 Å². The van der Waals surface area contributed by atoms with Gasteiger partial charge in [0.15, 0.2) is 0 Å². The van der Waals surface area contributed by atoms with E-state index in [1.165, 1.54) is 0 Å². The molecular weight excluding hydrogens is 186 g/mol. The van der Waals surface area contributed by atoms with Crippen LogP contribution in [0.4, 0.5) is 0 Å². The van der Waals surface area contributed by atoms with Gasteiger partial charge in [0, 0.05) is 5.92 Å². The number of aliphatic hydroxyl groups excluding tert-OH is 3. The Labute approximate surface area is 83.5 Å². The van der Waals surface area contributed by atoms with Crippen LogP contribution >= 0.6 is 0 Å². The molecular formula is C9H18NO4. The van der Waals surface area contributed by atoms with E-state index in [9.17, 15) is 4.79 Å². The summed E-state index contributed by atoms with van der Waals surface area (Å²) in [6.07, 6.45) is 0.798. The monoisotopic (exact) mass is 204 g/mol. The maximum atomic E-state index is 11.1. The number of primary amides is 1. The van der Waals surface area contributed by atoms with E-state index in [1.807, 2.05) is 0 Å². The average Bonchev–Trinajstić information content (AvgIpc) is 2.19. The van der Waals surface area contributed by atoms with Crippen molar-refractivity contribution < 1.29 is 20.1 Å². The highest BCUT2D eigenvalue weighted by molar-refractivity contribution is 5.77. The molecule has 0 saturated carbocycles. The maximum absolute atomic E-state index is 11.1. The molecule has 5 nitrogen and oxygen atoms in total. The number of carbonyl (C=O) groups is 1. The van der Waals surface area contributed by atoms with Crippen LogP contribution in [0.15, 0.2) is 0 Å². The van der Waals surface area contributed by atoms with Gasteiger partial charge in [-0.05, 0) is 6.42 Å². The normalized spacial score (nSPS) is 14.0. The zero-order chi connectivity index (χ0) is 11.2. The predicted molar refractivity (Wildman–Crippen MR) is 51.0 cm³/mol. The van der Waals surface area contributed by atoms with Crippen LogP contribution in [0.5, 0.6) is 0 Å². The third-order valence-electron chi connectivity index (χ3n) is 2.52. The van der Waals surface area contributed by atoms with Crippen molar-refractivity contribution in [3.63, 3.8) is 0 Å². The van der Waals surface area contributed by atoms with Crippen LogP contribution in [-0.2, 0) is 4.79 Å². The number of carbonyl (C=O) groups excluding carboxylic acids is 1. The van der Waals surface area contributed by atoms with E-state index in [0.29, 0.717) is 12.8 Å². The number of rotatable bonds is 7.